The molecule has 1 N–H and O–H groups in total. The number of amides is 2. The largest absolute Gasteiger partial charge is 0.331 e. The molecule has 0 bridgehead atoms. The Balaban J connectivity index is 1.93. The fourth-order valence-corrected chi connectivity index (χ4v) is 3.25. The van der Waals surface area contributed by atoms with Gasteiger partial charge in [0, 0.05) is 18.5 Å². The van der Waals surface area contributed by atoms with Crippen LogP contribution in [-0.4, -0.2) is 39.1 Å². The second-order valence-corrected chi connectivity index (χ2v) is 7.71. The first-order chi connectivity index (χ1) is 12.3. The van der Waals surface area contributed by atoms with Crippen molar-refractivity contribution in [3.63, 3.8) is 0 Å². The minimum atomic E-state index is -0.503. The van der Waals surface area contributed by atoms with Crippen LogP contribution in [0.4, 0.5) is 5.82 Å². The van der Waals surface area contributed by atoms with Gasteiger partial charge in [0.15, 0.2) is 0 Å². The number of nitrogens with one attached hydrogen (secondary N) is 1. The van der Waals surface area contributed by atoms with E-state index in [1.165, 1.54) is 0 Å². The highest BCUT2D eigenvalue weighted by Gasteiger charge is 2.31. The number of carbonyl (C=O) groups is 2. The normalized spacial score (nSPS) is 16.0. The number of carbonyl (C=O) groups excluding carboxylic acids is 2. The first kappa shape index (κ1) is 18.2. The van der Waals surface area contributed by atoms with E-state index in [4.69, 9.17) is 0 Å². The van der Waals surface area contributed by atoms with Gasteiger partial charge in [-0.3, -0.25) is 9.59 Å². The van der Waals surface area contributed by atoms with Crippen LogP contribution in [0.5, 0.6) is 0 Å². The molecule has 0 spiro atoms. The lowest BCUT2D eigenvalue weighted by Gasteiger charge is -2.26. The van der Waals surface area contributed by atoms with E-state index in [-0.39, 0.29) is 17.4 Å². The molecule has 0 radical (unpaired) electrons. The molecule has 3 rings (SSSR count). The molecular weight excluding hydrogens is 328 g/mol. The topological polar surface area (TPSA) is 67.2 Å². The standard InChI is InChI=1S/C20H26N4O2/c1-14(23-12-8-11-17(23)25)19(26)22-18-16(15-9-6-5-7-10-15)13-21-24(18)20(2,3)4/h5-7,9-10,13-14H,8,11-12H2,1-4H3,(H,22,26). The summed E-state index contributed by atoms with van der Waals surface area (Å²) >= 11 is 0. The molecule has 1 atom stereocenters. The molecule has 26 heavy (non-hydrogen) atoms. The smallest absolute Gasteiger partial charge is 0.248 e. The Morgan fingerprint density at radius 1 is 1.23 bits per heavy atom. The molecule has 0 aliphatic carbocycles. The second-order valence-electron chi connectivity index (χ2n) is 7.71. The Hall–Kier alpha value is -2.63. The number of hydrogen-bond donors (Lipinski definition) is 1. The van der Waals surface area contributed by atoms with Crippen LogP contribution in [0.15, 0.2) is 36.5 Å². The van der Waals surface area contributed by atoms with Crippen molar-refractivity contribution in [1.82, 2.24) is 14.7 Å². The maximum Gasteiger partial charge on any atom is 0.248 e. The molecule has 0 saturated carbocycles. The van der Waals surface area contributed by atoms with Crippen LogP contribution in [0.3, 0.4) is 0 Å². The minimum Gasteiger partial charge on any atom is -0.331 e. The highest BCUT2D eigenvalue weighted by molar-refractivity contribution is 5.99. The number of anilines is 1. The summed E-state index contributed by atoms with van der Waals surface area (Å²) < 4.78 is 1.83. The van der Waals surface area contributed by atoms with Crippen LogP contribution in [0, 0.1) is 0 Å². The van der Waals surface area contributed by atoms with Gasteiger partial charge in [0.2, 0.25) is 11.8 Å². The van der Waals surface area contributed by atoms with E-state index in [0.717, 1.165) is 17.5 Å². The van der Waals surface area contributed by atoms with Gasteiger partial charge in [0.05, 0.1) is 11.7 Å². The van der Waals surface area contributed by atoms with Gasteiger partial charge in [-0.15, -0.1) is 0 Å². The van der Waals surface area contributed by atoms with E-state index in [1.54, 1.807) is 18.0 Å². The van der Waals surface area contributed by atoms with Crippen molar-refractivity contribution < 1.29 is 9.59 Å². The number of nitrogens with zero attached hydrogens (tertiary/aromatic N) is 3. The molecule has 1 aromatic heterocycles. The third-order valence-corrected chi connectivity index (χ3v) is 4.69. The summed E-state index contributed by atoms with van der Waals surface area (Å²) in [6.07, 6.45) is 3.11. The van der Waals surface area contributed by atoms with Gasteiger partial charge in [0.1, 0.15) is 11.9 Å². The lowest BCUT2D eigenvalue weighted by Crippen LogP contribution is -2.43. The van der Waals surface area contributed by atoms with E-state index in [0.29, 0.717) is 18.8 Å². The second kappa shape index (κ2) is 6.94. The Bertz CT molecular complexity index is 805. The van der Waals surface area contributed by atoms with Gasteiger partial charge >= 0.3 is 0 Å². The summed E-state index contributed by atoms with van der Waals surface area (Å²) in [6.45, 7) is 8.53. The monoisotopic (exact) mass is 354 g/mol. The van der Waals surface area contributed by atoms with Crippen LogP contribution >= 0.6 is 0 Å². The van der Waals surface area contributed by atoms with Crippen molar-refractivity contribution in [2.45, 2.75) is 52.1 Å². The number of rotatable bonds is 4. The first-order valence-electron chi connectivity index (χ1n) is 9.03. The SMILES string of the molecule is CC(C(=O)Nc1c(-c2ccccc2)cnn1C(C)(C)C)N1CCCC1=O. The summed E-state index contributed by atoms with van der Waals surface area (Å²) in [6, 6.07) is 9.36. The summed E-state index contributed by atoms with van der Waals surface area (Å²) in [7, 11) is 0. The Morgan fingerprint density at radius 3 is 2.50 bits per heavy atom. The van der Waals surface area contributed by atoms with Crippen molar-refractivity contribution >= 4 is 17.6 Å². The first-order valence-corrected chi connectivity index (χ1v) is 9.03. The maximum atomic E-state index is 12.9. The van der Waals surface area contributed by atoms with Gasteiger partial charge in [0.25, 0.3) is 0 Å². The van der Waals surface area contributed by atoms with Gasteiger partial charge in [-0.05, 0) is 39.7 Å². The number of aromatic nitrogens is 2. The average molecular weight is 354 g/mol. The maximum absolute atomic E-state index is 12.9. The summed E-state index contributed by atoms with van der Waals surface area (Å²) in [5.74, 6) is 0.510. The number of likely N-dealkylation sites (tertiary alicyclic amines) is 1. The Morgan fingerprint density at radius 2 is 1.92 bits per heavy atom. The molecule has 1 aliphatic rings. The number of hydrogen-bond acceptors (Lipinski definition) is 3. The molecule has 1 fully saturated rings. The van der Waals surface area contributed by atoms with Crippen molar-refractivity contribution in [1.29, 1.82) is 0 Å². The molecule has 2 amide bonds. The van der Waals surface area contributed by atoms with Gasteiger partial charge in [-0.2, -0.15) is 5.10 Å². The highest BCUT2D eigenvalue weighted by atomic mass is 16.2. The lowest BCUT2D eigenvalue weighted by molar-refractivity contribution is -0.134. The van der Waals surface area contributed by atoms with Gasteiger partial charge in [-0.1, -0.05) is 30.3 Å². The van der Waals surface area contributed by atoms with E-state index in [1.807, 2.05) is 55.8 Å². The lowest BCUT2D eigenvalue weighted by atomic mass is 10.1. The van der Waals surface area contributed by atoms with Crippen LogP contribution in [0.25, 0.3) is 11.1 Å². The molecule has 6 heteroatoms. The zero-order valence-corrected chi connectivity index (χ0v) is 15.8. The summed E-state index contributed by atoms with van der Waals surface area (Å²) in [4.78, 5) is 26.5. The zero-order valence-electron chi connectivity index (χ0n) is 15.8. The fraction of sp³-hybridized carbons (Fsp3) is 0.450. The number of benzene rings is 1. The highest BCUT2D eigenvalue weighted by Crippen LogP contribution is 2.32. The molecule has 2 heterocycles. The zero-order chi connectivity index (χ0) is 18.9. The molecule has 1 aliphatic heterocycles. The van der Waals surface area contributed by atoms with Gasteiger partial charge < -0.3 is 10.2 Å². The van der Waals surface area contributed by atoms with E-state index in [2.05, 4.69) is 10.4 Å². The summed E-state index contributed by atoms with van der Waals surface area (Å²) in [5.41, 5.74) is 1.57. The average Bonchev–Trinajstić information content (AvgIpc) is 3.21. The Labute approximate surface area is 154 Å². The molecule has 1 unspecified atom stereocenters. The predicted octanol–water partition coefficient (Wildman–Crippen LogP) is 3.25. The van der Waals surface area contributed by atoms with E-state index < -0.39 is 6.04 Å². The summed E-state index contributed by atoms with van der Waals surface area (Å²) in [5, 5.41) is 7.54. The van der Waals surface area contributed by atoms with Crippen LogP contribution in [0.2, 0.25) is 0 Å². The quantitative estimate of drug-likeness (QED) is 0.916. The molecule has 1 aromatic carbocycles. The minimum absolute atomic E-state index is 0.0419. The molecule has 6 nitrogen and oxygen atoms in total. The predicted molar refractivity (Wildman–Crippen MR) is 102 cm³/mol. The fourth-order valence-electron chi connectivity index (χ4n) is 3.25. The Kier molecular flexibility index (Phi) is 4.85. The molecule has 2 aromatic rings. The van der Waals surface area contributed by atoms with Crippen LogP contribution in [0.1, 0.15) is 40.5 Å². The van der Waals surface area contributed by atoms with Crippen LogP contribution < -0.4 is 5.32 Å². The van der Waals surface area contributed by atoms with Crippen molar-refractivity contribution in [3.8, 4) is 11.1 Å². The van der Waals surface area contributed by atoms with Crippen molar-refractivity contribution in [2.24, 2.45) is 0 Å². The van der Waals surface area contributed by atoms with Gasteiger partial charge in [-0.25, -0.2) is 4.68 Å². The van der Waals surface area contributed by atoms with Crippen molar-refractivity contribution in [3.05, 3.63) is 36.5 Å². The van der Waals surface area contributed by atoms with Crippen molar-refractivity contribution in [2.75, 3.05) is 11.9 Å². The third kappa shape index (κ3) is 3.49. The van der Waals surface area contributed by atoms with E-state index in [9.17, 15) is 9.59 Å². The van der Waals surface area contributed by atoms with Crippen LogP contribution in [-0.2, 0) is 15.1 Å². The van der Waals surface area contributed by atoms with E-state index >= 15 is 0 Å². The third-order valence-electron chi connectivity index (χ3n) is 4.69. The molecule has 1 saturated heterocycles. The molecule has 138 valence electrons. The molecular formula is C20H26N4O2.